The summed E-state index contributed by atoms with van der Waals surface area (Å²) in [5.41, 5.74) is 5.48. The van der Waals surface area contributed by atoms with E-state index in [2.05, 4.69) is 79.4 Å². The first-order valence-electron chi connectivity index (χ1n) is 12.1. The number of ether oxygens (including phenoxy) is 1. The van der Waals surface area contributed by atoms with Gasteiger partial charge in [0.25, 0.3) is 0 Å². The first-order valence-corrected chi connectivity index (χ1v) is 12.1. The molecule has 0 spiro atoms. The summed E-state index contributed by atoms with van der Waals surface area (Å²) >= 11 is 0. The lowest BCUT2D eigenvalue weighted by Crippen LogP contribution is -2.31. The van der Waals surface area contributed by atoms with Gasteiger partial charge in [0.15, 0.2) is 0 Å². The normalized spacial score (nSPS) is 17.9. The van der Waals surface area contributed by atoms with Crippen molar-refractivity contribution in [3.8, 4) is 11.1 Å². The van der Waals surface area contributed by atoms with Crippen molar-refractivity contribution in [1.82, 2.24) is 4.90 Å². The Kier molecular flexibility index (Phi) is 9.16. The van der Waals surface area contributed by atoms with Gasteiger partial charge < -0.3 is 9.64 Å². The number of halogens is 1. The third-order valence-corrected chi connectivity index (χ3v) is 6.89. The lowest BCUT2D eigenvalue weighted by molar-refractivity contribution is 0.0324. The van der Waals surface area contributed by atoms with Crippen molar-refractivity contribution >= 4 is 23.2 Å². The van der Waals surface area contributed by atoms with E-state index in [0.29, 0.717) is 5.92 Å². The van der Waals surface area contributed by atoms with Crippen LogP contribution in [0.2, 0.25) is 0 Å². The monoisotopic (exact) mass is 451 g/mol. The van der Waals surface area contributed by atoms with Crippen molar-refractivity contribution in [2.24, 2.45) is 5.92 Å². The van der Waals surface area contributed by atoms with Gasteiger partial charge in [-0.3, -0.25) is 0 Å². The van der Waals surface area contributed by atoms with Gasteiger partial charge >= 0.3 is 0 Å². The molecule has 0 amide bonds. The van der Waals surface area contributed by atoms with Gasteiger partial charge in [0, 0.05) is 7.11 Å². The second-order valence-electron chi connectivity index (χ2n) is 9.06. The van der Waals surface area contributed by atoms with Gasteiger partial charge in [-0.1, -0.05) is 68.4 Å². The zero-order valence-corrected chi connectivity index (χ0v) is 20.7. The van der Waals surface area contributed by atoms with Crippen molar-refractivity contribution in [1.29, 1.82) is 0 Å². The fourth-order valence-electron chi connectivity index (χ4n) is 5.33. The lowest BCUT2D eigenvalue weighted by Gasteiger charge is -2.34. The maximum atomic E-state index is 6.07. The Morgan fingerprint density at radius 3 is 2.25 bits per heavy atom. The molecular weight excluding hydrogens is 414 g/mol. The maximum absolute atomic E-state index is 6.07. The summed E-state index contributed by atoms with van der Waals surface area (Å²) in [6.07, 6.45) is 6.29. The Morgan fingerprint density at radius 1 is 0.844 bits per heavy atom. The first-order chi connectivity index (χ1) is 15.2. The SMILES string of the molecule is CCCN(CCC)CCC1CCc2cc(-c3ccc4ccccc4c3)ccc2C1OC.Cl. The summed E-state index contributed by atoms with van der Waals surface area (Å²) in [5.74, 6) is 0.611. The quantitative estimate of drug-likeness (QED) is 0.330. The summed E-state index contributed by atoms with van der Waals surface area (Å²) in [4.78, 5) is 2.63. The smallest absolute Gasteiger partial charge is 0.0852 e. The molecule has 0 aromatic heterocycles. The number of methoxy groups -OCH3 is 1. The summed E-state index contributed by atoms with van der Waals surface area (Å²) in [5, 5.41) is 2.60. The molecule has 0 heterocycles. The van der Waals surface area contributed by atoms with Crippen LogP contribution in [0.5, 0.6) is 0 Å². The van der Waals surface area contributed by atoms with Crippen LogP contribution < -0.4 is 0 Å². The van der Waals surface area contributed by atoms with Gasteiger partial charge in [0.1, 0.15) is 0 Å². The van der Waals surface area contributed by atoms with Gasteiger partial charge in [-0.15, -0.1) is 12.4 Å². The topological polar surface area (TPSA) is 12.5 Å². The van der Waals surface area contributed by atoms with Crippen molar-refractivity contribution in [2.75, 3.05) is 26.7 Å². The highest BCUT2D eigenvalue weighted by Gasteiger charge is 2.30. The second kappa shape index (κ2) is 11.8. The number of aryl methyl sites for hydroxylation is 1. The van der Waals surface area contributed by atoms with Gasteiger partial charge in [0.2, 0.25) is 0 Å². The fourth-order valence-corrected chi connectivity index (χ4v) is 5.33. The van der Waals surface area contributed by atoms with E-state index in [4.69, 9.17) is 4.74 Å². The average Bonchev–Trinajstić information content (AvgIpc) is 2.81. The number of benzene rings is 3. The lowest BCUT2D eigenvalue weighted by atomic mass is 9.78. The van der Waals surface area contributed by atoms with Crippen molar-refractivity contribution in [3.63, 3.8) is 0 Å². The summed E-state index contributed by atoms with van der Waals surface area (Å²) < 4.78 is 6.07. The van der Waals surface area contributed by atoms with E-state index >= 15 is 0 Å². The number of hydrogen-bond donors (Lipinski definition) is 0. The molecule has 3 heteroatoms. The standard InChI is InChI=1S/C29H37NO.ClH/c1-4-17-30(18-5-2)19-16-23-11-13-27-21-26(14-15-28(27)29(23)31-3)25-12-10-22-8-6-7-9-24(22)20-25;/h6-10,12,14-15,20-21,23,29H,4-5,11,13,16-19H2,1-3H3;1H. The van der Waals surface area contributed by atoms with Crippen LogP contribution in [0, 0.1) is 5.92 Å². The second-order valence-corrected chi connectivity index (χ2v) is 9.06. The Balaban J connectivity index is 0.00000289. The molecule has 0 fully saturated rings. The molecule has 2 nitrogen and oxygen atoms in total. The summed E-state index contributed by atoms with van der Waals surface area (Å²) in [6, 6.07) is 22.4. The van der Waals surface area contributed by atoms with Crippen LogP contribution in [0.1, 0.15) is 56.8 Å². The highest BCUT2D eigenvalue weighted by molar-refractivity contribution is 5.87. The fraction of sp³-hybridized carbons (Fsp3) is 0.448. The van der Waals surface area contributed by atoms with E-state index in [9.17, 15) is 0 Å². The molecule has 3 aromatic rings. The highest BCUT2D eigenvalue weighted by Crippen LogP contribution is 2.40. The minimum atomic E-state index is 0. The predicted octanol–water partition coefficient (Wildman–Crippen LogP) is 7.69. The van der Waals surface area contributed by atoms with Crippen LogP contribution in [-0.2, 0) is 11.2 Å². The van der Waals surface area contributed by atoms with Crippen LogP contribution in [0.3, 0.4) is 0 Å². The van der Waals surface area contributed by atoms with Crippen LogP contribution in [0.4, 0.5) is 0 Å². The molecule has 2 atom stereocenters. The molecule has 0 N–H and O–H groups in total. The van der Waals surface area contributed by atoms with Crippen molar-refractivity contribution in [2.45, 2.75) is 52.1 Å². The Morgan fingerprint density at radius 2 is 1.53 bits per heavy atom. The maximum Gasteiger partial charge on any atom is 0.0852 e. The van der Waals surface area contributed by atoms with Gasteiger partial charge in [-0.25, -0.2) is 0 Å². The molecule has 32 heavy (non-hydrogen) atoms. The number of rotatable bonds is 9. The van der Waals surface area contributed by atoms with E-state index in [1.807, 2.05) is 7.11 Å². The zero-order valence-electron chi connectivity index (χ0n) is 19.8. The highest BCUT2D eigenvalue weighted by atomic mass is 35.5. The number of nitrogens with zero attached hydrogens (tertiary/aromatic N) is 1. The minimum absolute atomic E-state index is 0. The Hall–Kier alpha value is -1.87. The molecule has 0 radical (unpaired) electrons. The number of fused-ring (bicyclic) bond motifs is 2. The number of hydrogen-bond acceptors (Lipinski definition) is 2. The minimum Gasteiger partial charge on any atom is -0.376 e. The van der Waals surface area contributed by atoms with Gasteiger partial charge in [-0.2, -0.15) is 0 Å². The van der Waals surface area contributed by atoms with Crippen LogP contribution in [-0.4, -0.2) is 31.6 Å². The van der Waals surface area contributed by atoms with Crippen LogP contribution >= 0.6 is 12.4 Å². The van der Waals surface area contributed by atoms with Gasteiger partial charge in [0.05, 0.1) is 6.10 Å². The molecule has 3 aromatic carbocycles. The molecule has 2 unspecified atom stereocenters. The third kappa shape index (κ3) is 5.54. The van der Waals surface area contributed by atoms with E-state index in [-0.39, 0.29) is 18.5 Å². The molecule has 0 bridgehead atoms. The molecule has 172 valence electrons. The summed E-state index contributed by atoms with van der Waals surface area (Å²) in [7, 11) is 1.89. The summed E-state index contributed by atoms with van der Waals surface area (Å²) in [6.45, 7) is 8.18. The Labute approximate surface area is 200 Å². The van der Waals surface area contributed by atoms with Crippen LogP contribution in [0.15, 0.2) is 60.7 Å². The van der Waals surface area contributed by atoms with E-state index < -0.39 is 0 Å². The van der Waals surface area contributed by atoms with Gasteiger partial charge in [-0.05, 0) is 96.7 Å². The van der Waals surface area contributed by atoms with Crippen molar-refractivity contribution in [3.05, 3.63) is 71.8 Å². The molecular formula is C29H38ClNO. The molecule has 1 aliphatic carbocycles. The zero-order chi connectivity index (χ0) is 21.6. The molecule has 0 saturated heterocycles. The van der Waals surface area contributed by atoms with E-state index in [1.165, 1.54) is 78.3 Å². The van der Waals surface area contributed by atoms with E-state index in [1.54, 1.807) is 0 Å². The predicted molar refractivity (Wildman–Crippen MR) is 140 cm³/mol. The van der Waals surface area contributed by atoms with E-state index in [0.717, 1.165) is 6.42 Å². The third-order valence-electron chi connectivity index (χ3n) is 6.89. The first kappa shape index (κ1) is 24.8. The molecule has 4 rings (SSSR count). The molecule has 0 saturated carbocycles. The molecule has 1 aliphatic rings. The largest absolute Gasteiger partial charge is 0.376 e. The van der Waals surface area contributed by atoms with Crippen molar-refractivity contribution < 1.29 is 4.74 Å². The molecule has 0 aliphatic heterocycles. The Bertz CT molecular complexity index is 995. The average molecular weight is 452 g/mol. The van der Waals surface area contributed by atoms with Crippen LogP contribution in [0.25, 0.3) is 21.9 Å².